The van der Waals surface area contributed by atoms with E-state index in [1.807, 2.05) is 13.0 Å². The van der Waals surface area contributed by atoms with Crippen LogP contribution in [0.3, 0.4) is 0 Å². The summed E-state index contributed by atoms with van der Waals surface area (Å²) in [6, 6.07) is 6.48. The Kier molecular flexibility index (Phi) is 5.95. The third-order valence-corrected chi connectivity index (χ3v) is 3.78. The van der Waals surface area contributed by atoms with E-state index >= 15 is 0 Å². The molecule has 1 atom stereocenters. The summed E-state index contributed by atoms with van der Waals surface area (Å²) in [6.07, 6.45) is 0.984. The second kappa shape index (κ2) is 7.95. The lowest BCUT2D eigenvalue weighted by Gasteiger charge is -2.15. The zero-order valence-corrected chi connectivity index (χ0v) is 13.5. The van der Waals surface area contributed by atoms with Crippen molar-refractivity contribution < 1.29 is 4.74 Å². The van der Waals surface area contributed by atoms with Gasteiger partial charge in [-0.3, -0.25) is 0 Å². The Balaban J connectivity index is 2.06. The minimum atomic E-state index is 0.309. The molecule has 0 fully saturated rings. The first kappa shape index (κ1) is 15.7. The zero-order valence-electron chi connectivity index (χ0n) is 12.7. The van der Waals surface area contributed by atoms with Gasteiger partial charge in [-0.2, -0.15) is 0 Å². The van der Waals surface area contributed by atoms with Crippen LogP contribution >= 0.6 is 11.3 Å². The van der Waals surface area contributed by atoms with E-state index in [0.717, 1.165) is 24.6 Å². The maximum atomic E-state index is 5.13. The van der Waals surface area contributed by atoms with Crippen LogP contribution in [0.5, 0.6) is 0 Å². The number of ether oxygens (including phenoxy) is 1. The molecule has 0 amide bonds. The molecule has 21 heavy (non-hydrogen) atoms. The number of aromatic nitrogens is 2. The van der Waals surface area contributed by atoms with Gasteiger partial charge in [0.1, 0.15) is 18.2 Å². The number of thiophene rings is 1. The van der Waals surface area contributed by atoms with E-state index in [-0.39, 0.29) is 0 Å². The Morgan fingerprint density at radius 2 is 2.14 bits per heavy atom. The van der Waals surface area contributed by atoms with Gasteiger partial charge in [0.05, 0.1) is 0 Å². The normalized spacial score (nSPS) is 12.1. The molecule has 0 spiro atoms. The van der Waals surface area contributed by atoms with Crippen LogP contribution in [-0.2, 0) is 17.8 Å². The fourth-order valence-corrected chi connectivity index (χ4v) is 2.91. The molecule has 0 aliphatic rings. The highest BCUT2D eigenvalue weighted by molar-refractivity contribution is 7.09. The third kappa shape index (κ3) is 4.99. The van der Waals surface area contributed by atoms with Crippen molar-refractivity contribution in [2.75, 3.05) is 24.3 Å². The van der Waals surface area contributed by atoms with Crippen molar-refractivity contribution in [2.24, 2.45) is 0 Å². The number of hydrogen-bond donors (Lipinski definition) is 2. The highest BCUT2D eigenvalue weighted by Gasteiger charge is 2.08. The van der Waals surface area contributed by atoms with Gasteiger partial charge in [-0.25, -0.2) is 9.97 Å². The van der Waals surface area contributed by atoms with Gasteiger partial charge < -0.3 is 15.4 Å². The van der Waals surface area contributed by atoms with Crippen LogP contribution in [-0.4, -0.2) is 29.7 Å². The number of hydrogen-bond acceptors (Lipinski definition) is 6. The van der Waals surface area contributed by atoms with Crippen LogP contribution in [0.4, 0.5) is 11.6 Å². The van der Waals surface area contributed by atoms with Crippen molar-refractivity contribution in [3.8, 4) is 0 Å². The van der Waals surface area contributed by atoms with Crippen LogP contribution in [0.2, 0.25) is 0 Å². The fraction of sp³-hybridized carbons (Fsp3) is 0.467. The quantitative estimate of drug-likeness (QED) is 0.784. The van der Waals surface area contributed by atoms with Crippen LogP contribution in [0.25, 0.3) is 0 Å². The lowest BCUT2D eigenvalue weighted by atomic mass is 10.2. The Labute approximate surface area is 129 Å². The number of nitrogens with zero attached hydrogens (tertiary/aromatic N) is 2. The Bertz CT molecular complexity index is 520. The first-order valence-electron chi connectivity index (χ1n) is 7.11. The second-order valence-electron chi connectivity index (χ2n) is 4.85. The van der Waals surface area contributed by atoms with E-state index in [1.165, 1.54) is 4.88 Å². The van der Waals surface area contributed by atoms with E-state index in [1.54, 1.807) is 18.4 Å². The molecule has 0 bridgehead atoms. The van der Waals surface area contributed by atoms with Gasteiger partial charge in [-0.15, -0.1) is 11.3 Å². The Morgan fingerprint density at radius 3 is 2.81 bits per heavy atom. The van der Waals surface area contributed by atoms with Crippen LogP contribution in [0.15, 0.2) is 23.6 Å². The largest absolute Gasteiger partial charge is 0.377 e. The van der Waals surface area contributed by atoms with Crippen molar-refractivity contribution in [3.05, 3.63) is 34.3 Å². The lowest BCUT2D eigenvalue weighted by Crippen LogP contribution is -2.19. The molecular weight excluding hydrogens is 284 g/mol. The summed E-state index contributed by atoms with van der Waals surface area (Å²) in [6.45, 7) is 5.44. The lowest BCUT2D eigenvalue weighted by molar-refractivity contribution is 0.178. The number of methoxy groups -OCH3 is 1. The predicted molar refractivity (Wildman–Crippen MR) is 88.0 cm³/mol. The molecule has 0 saturated carbocycles. The third-order valence-electron chi connectivity index (χ3n) is 2.89. The maximum absolute atomic E-state index is 5.13. The SMILES string of the molecule is CCNc1cc(NC(C)Cc2cccs2)nc(COC)n1. The molecule has 0 radical (unpaired) electrons. The summed E-state index contributed by atoms with van der Waals surface area (Å²) in [7, 11) is 1.65. The number of nitrogens with one attached hydrogen (secondary N) is 2. The van der Waals surface area contributed by atoms with Gasteiger partial charge in [-0.1, -0.05) is 6.07 Å². The number of rotatable bonds is 8. The van der Waals surface area contributed by atoms with Crippen LogP contribution in [0, 0.1) is 0 Å². The van der Waals surface area contributed by atoms with Crippen molar-refractivity contribution in [1.82, 2.24) is 9.97 Å². The molecule has 2 rings (SSSR count). The average molecular weight is 306 g/mol. The molecular formula is C15H22N4OS. The minimum Gasteiger partial charge on any atom is -0.377 e. The summed E-state index contributed by atoms with van der Waals surface area (Å²) in [5, 5.41) is 8.76. The molecule has 2 N–H and O–H groups in total. The van der Waals surface area contributed by atoms with Crippen molar-refractivity contribution in [2.45, 2.75) is 32.9 Å². The fourth-order valence-electron chi connectivity index (χ4n) is 2.07. The molecule has 1 unspecified atom stereocenters. The number of anilines is 2. The summed E-state index contributed by atoms with van der Waals surface area (Å²) < 4.78 is 5.13. The predicted octanol–water partition coefficient (Wildman–Crippen LogP) is 3.16. The van der Waals surface area contributed by atoms with E-state index in [0.29, 0.717) is 18.5 Å². The monoisotopic (exact) mass is 306 g/mol. The van der Waals surface area contributed by atoms with Gasteiger partial charge in [0.2, 0.25) is 0 Å². The molecule has 0 aromatic carbocycles. The van der Waals surface area contributed by atoms with Crippen molar-refractivity contribution in [3.63, 3.8) is 0 Å². The Hall–Kier alpha value is -1.66. The first-order chi connectivity index (χ1) is 10.2. The topological polar surface area (TPSA) is 59.1 Å². The molecule has 2 heterocycles. The molecule has 2 aromatic heterocycles. The average Bonchev–Trinajstić information content (AvgIpc) is 2.91. The highest BCUT2D eigenvalue weighted by atomic mass is 32.1. The first-order valence-corrected chi connectivity index (χ1v) is 7.99. The van der Waals surface area contributed by atoms with Gasteiger partial charge >= 0.3 is 0 Å². The zero-order chi connectivity index (χ0) is 15.1. The summed E-state index contributed by atoms with van der Waals surface area (Å²) in [5.41, 5.74) is 0. The second-order valence-corrected chi connectivity index (χ2v) is 5.88. The Morgan fingerprint density at radius 1 is 1.33 bits per heavy atom. The minimum absolute atomic E-state index is 0.309. The molecule has 5 nitrogen and oxygen atoms in total. The molecule has 0 saturated heterocycles. The molecule has 2 aromatic rings. The van der Waals surface area contributed by atoms with Crippen LogP contribution in [0.1, 0.15) is 24.5 Å². The van der Waals surface area contributed by atoms with Crippen molar-refractivity contribution >= 4 is 23.0 Å². The van der Waals surface area contributed by atoms with Gasteiger partial charge in [-0.05, 0) is 25.3 Å². The standard InChI is InChI=1S/C15H22N4OS/c1-4-16-13-9-14(19-15(18-13)10-20-3)17-11(2)8-12-6-5-7-21-12/h5-7,9,11H,4,8,10H2,1-3H3,(H2,16,17,18,19). The van der Waals surface area contributed by atoms with Gasteiger partial charge in [0.25, 0.3) is 0 Å². The smallest absolute Gasteiger partial charge is 0.158 e. The van der Waals surface area contributed by atoms with E-state index in [9.17, 15) is 0 Å². The van der Waals surface area contributed by atoms with Crippen LogP contribution < -0.4 is 10.6 Å². The summed E-state index contributed by atoms with van der Waals surface area (Å²) in [4.78, 5) is 10.3. The molecule has 114 valence electrons. The van der Waals surface area contributed by atoms with E-state index in [4.69, 9.17) is 4.74 Å². The van der Waals surface area contributed by atoms with Gasteiger partial charge in [0.15, 0.2) is 5.82 Å². The molecule has 6 heteroatoms. The summed E-state index contributed by atoms with van der Waals surface area (Å²) >= 11 is 1.78. The van der Waals surface area contributed by atoms with Crippen molar-refractivity contribution in [1.29, 1.82) is 0 Å². The summed E-state index contributed by atoms with van der Waals surface area (Å²) in [5.74, 6) is 2.34. The van der Waals surface area contributed by atoms with E-state index < -0.39 is 0 Å². The van der Waals surface area contributed by atoms with E-state index in [2.05, 4.69) is 45.0 Å². The van der Waals surface area contributed by atoms with Gasteiger partial charge in [0, 0.05) is 37.1 Å². The molecule has 0 aliphatic heterocycles. The maximum Gasteiger partial charge on any atom is 0.158 e. The molecule has 0 aliphatic carbocycles. The highest BCUT2D eigenvalue weighted by Crippen LogP contribution is 2.16.